The van der Waals surface area contributed by atoms with Crippen molar-refractivity contribution in [2.45, 2.75) is 69.3 Å². The van der Waals surface area contributed by atoms with E-state index in [1.165, 1.54) is 32.9 Å². The third kappa shape index (κ3) is 7.20. The van der Waals surface area contributed by atoms with Gasteiger partial charge < -0.3 is 14.3 Å². The number of hydrogen-bond acceptors (Lipinski definition) is 7. The molecule has 0 unspecified atom stereocenters. The molecule has 2 aromatic carbocycles. The number of halogens is 7. The normalized spacial score (nSPS) is 21.8. The molecule has 3 rings (SSSR count). The third-order valence-corrected chi connectivity index (χ3v) is 6.81. The second-order valence-electron chi connectivity index (χ2n) is 11.0. The SMILES string of the molecule is C[C@@H](O[C@H]1CN(C(=O)OC(C)(C)C)[C@](C=O)(C(=O)CN=N)[C@@H]1c1ccc(F)cc1)c1cc(C(F)(F)F)cc(C(F)(F)F)c1. The Morgan fingerprint density at radius 1 is 1.05 bits per heavy atom. The van der Waals surface area contributed by atoms with E-state index < -0.39 is 89.1 Å². The molecule has 234 valence electrons. The molecule has 43 heavy (non-hydrogen) atoms. The van der Waals surface area contributed by atoms with Crippen LogP contribution in [0.3, 0.4) is 0 Å². The lowest BCUT2D eigenvalue weighted by Crippen LogP contribution is -2.59. The first-order valence-corrected chi connectivity index (χ1v) is 12.8. The van der Waals surface area contributed by atoms with Crippen LogP contribution in [0.5, 0.6) is 0 Å². The summed E-state index contributed by atoms with van der Waals surface area (Å²) in [6.45, 7) is 4.21. The predicted octanol–water partition coefficient (Wildman–Crippen LogP) is 6.88. The monoisotopic (exact) mass is 619 g/mol. The molecule has 0 radical (unpaired) electrons. The molecule has 1 amide bonds. The molecule has 0 saturated carbocycles. The van der Waals surface area contributed by atoms with Crippen LogP contribution in [0, 0.1) is 11.3 Å². The lowest BCUT2D eigenvalue weighted by molar-refractivity contribution is -0.143. The Hall–Kier alpha value is -3.88. The molecule has 1 fully saturated rings. The molecule has 1 heterocycles. The number of carbonyl (C=O) groups excluding carboxylic acids is 3. The summed E-state index contributed by atoms with van der Waals surface area (Å²) >= 11 is 0. The van der Waals surface area contributed by atoms with Gasteiger partial charge in [0.05, 0.1) is 29.9 Å². The first kappa shape index (κ1) is 33.6. The molecule has 1 aliphatic rings. The van der Waals surface area contributed by atoms with Crippen LogP contribution in [0.1, 0.15) is 62.0 Å². The van der Waals surface area contributed by atoms with E-state index in [-0.39, 0.29) is 17.9 Å². The van der Waals surface area contributed by atoms with Crippen molar-refractivity contribution in [3.63, 3.8) is 0 Å². The van der Waals surface area contributed by atoms with E-state index in [9.17, 15) is 45.1 Å². The zero-order valence-electron chi connectivity index (χ0n) is 23.3. The van der Waals surface area contributed by atoms with Crippen LogP contribution in [0.2, 0.25) is 0 Å². The van der Waals surface area contributed by atoms with E-state index in [2.05, 4.69) is 5.11 Å². The lowest BCUT2D eigenvalue weighted by atomic mass is 9.76. The topological polar surface area (TPSA) is 109 Å². The quantitative estimate of drug-likeness (QED) is 0.150. The number of amides is 1. The van der Waals surface area contributed by atoms with Gasteiger partial charge in [0.15, 0.2) is 17.6 Å². The van der Waals surface area contributed by atoms with E-state index in [1.807, 2.05) is 0 Å². The molecule has 0 aromatic heterocycles. The van der Waals surface area contributed by atoms with Crippen LogP contribution in [-0.2, 0) is 31.4 Å². The summed E-state index contributed by atoms with van der Waals surface area (Å²) in [6.07, 6.45) is -14.2. The number of ether oxygens (including phenoxy) is 2. The van der Waals surface area contributed by atoms with Gasteiger partial charge in [0.2, 0.25) is 0 Å². The van der Waals surface area contributed by atoms with Crippen LogP contribution in [-0.4, -0.2) is 53.4 Å². The van der Waals surface area contributed by atoms with E-state index in [0.717, 1.165) is 24.0 Å². The fourth-order valence-electron chi connectivity index (χ4n) is 4.97. The number of hydrogen-bond donors (Lipinski definition) is 1. The van der Waals surface area contributed by atoms with Crippen LogP contribution in [0.25, 0.3) is 0 Å². The van der Waals surface area contributed by atoms with Gasteiger partial charge in [-0.2, -0.15) is 31.5 Å². The Kier molecular flexibility index (Phi) is 9.39. The highest BCUT2D eigenvalue weighted by molar-refractivity contribution is 6.08. The molecular weight excluding hydrogens is 591 g/mol. The number of nitrogens with one attached hydrogen (secondary N) is 1. The van der Waals surface area contributed by atoms with Crippen molar-refractivity contribution < 1.29 is 54.6 Å². The summed E-state index contributed by atoms with van der Waals surface area (Å²) in [6, 6.07) is 5.27. The molecule has 15 heteroatoms. The summed E-state index contributed by atoms with van der Waals surface area (Å²) < 4.78 is 106. The number of Topliss-reactive ketones (excluding diaryl/α,β-unsaturated/α-hetero) is 1. The zero-order chi connectivity index (χ0) is 32.5. The van der Waals surface area contributed by atoms with Crippen molar-refractivity contribution in [3.05, 3.63) is 70.5 Å². The third-order valence-electron chi connectivity index (χ3n) is 6.81. The van der Waals surface area contributed by atoms with Crippen LogP contribution in [0.15, 0.2) is 47.6 Å². The Bertz CT molecular complexity index is 1340. The van der Waals surface area contributed by atoms with Crippen LogP contribution in [0.4, 0.5) is 35.5 Å². The van der Waals surface area contributed by atoms with E-state index in [1.54, 1.807) is 0 Å². The van der Waals surface area contributed by atoms with Crippen molar-refractivity contribution in [2.75, 3.05) is 13.1 Å². The number of ketones is 1. The number of alkyl halides is 6. The molecule has 0 spiro atoms. The first-order chi connectivity index (χ1) is 19.7. The van der Waals surface area contributed by atoms with Gasteiger partial charge in [0.25, 0.3) is 0 Å². The Balaban J connectivity index is 2.20. The maximum atomic E-state index is 13.8. The molecule has 8 nitrogen and oxygen atoms in total. The van der Waals surface area contributed by atoms with Gasteiger partial charge >= 0.3 is 18.4 Å². The smallest absolute Gasteiger partial charge is 0.416 e. The fourth-order valence-corrected chi connectivity index (χ4v) is 4.97. The number of rotatable bonds is 8. The molecule has 2 aromatic rings. The molecule has 1 aliphatic heterocycles. The van der Waals surface area contributed by atoms with Crippen molar-refractivity contribution >= 4 is 18.2 Å². The molecule has 0 bridgehead atoms. The minimum atomic E-state index is -5.13. The first-order valence-electron chi connectivity index (χ1n) is 12.8. The van der Waals surface area contributed by atoms with E-state index in [4.69, 9.17) is 15.0 Å². The van der Waals surface area contributed by atoms with Gasteiger partial charge in [-0.15, -0.1) is 0 Å². The number of aldehydes is 1. The summed E-state index contributed by atoms with van der Waals surface area (Å²) in [5.74, 6) is -3.21. The van der Waals surface area contributed by atoms with Gasteiger partial charge in [-0.3, -0.25) is 9.69 Å². The van der Waals surface area contributed by atoms with Crippen molar-refractivity contribution in [2.24, 2.45) is 5.11 Å². The highest BCUT2D eigenvalue weighted by Crippen LogP contribution is 2.46. The van der Waals surface area contributed by atoms with Gasteiger partial charge in [-0.05, 0) is 69.2 Å². The van der Waals surface area contributed by atoms with Crippen molar-refractivity contribution in [1.29, 1.82) is 5.53 Å². The van der Waals surface area contributed by atoms with Crippen LogP contribution < -0.4 is 0 Å². The van der Waals surface area contributed by atoms with E-state index >= 15 is 0 Å². The predicted molar refractivity (Wildman–Crippen MR) is 136 cm³/mol. The standard InChI is InChI=1S/C28H28F7N3O5/c1-15(17-9-18(27(30,31)32)11-19(10-17)28(33,34)35)42-21-13-38(24(41)43-25(2,3)4)26(14-39,22(40)12-37-36)23(21)16-5-7-20(29)8-6-16/h5-11,14-15,21,23,36H,12-13H2,1-4H3/t15-,21+,23-,26-/m1/s1. The fraction of sp³-hybridized carbons (Fsp3) is 0.464. The van der Waals surface area contributed by atoms with Crippen LogP contribution >= 0.6 is 0 Å². The maximum Gasteiger partial charge on any atom is 0.416 e. The highest BCUT2D eigenvalue weighted by atomic mass is 19.4. The number of carbonyl (C=O) groups is 3. The average Bonchev–Trinajstić information content (AvgIpc) is 3.22. The molecule has 1 N–H and O–H groups in total. The van der Waals surface area contributed by atoms with Gasteiger partial charge in [-0.25, -0.2) is 14.7 Å². The Labute approximate surface area is 241 Å². The largest absolute Gasteiger partial charge is 0.444 e. The number of likely N-dealkylation sites (tertiary alicyclic amines) is 1. The van der Waals surface area contributed by atoms with E-state index in [0.29, 0.717) is 12.1 Å². The minimum Gasteiger partial charge on any atom is -0.444 e. The molecular formula is C28H28F7N3O5. The van der Waals surface area contributed by atoms with Crippen molar-refractivity contribution in [1.82, 2.24) is 4.90 Å². The Morgan fingerprint density at radius 3 is 2.02 bits per heavy atom. The Morgan fingerprint density at radius 2 is 1.58 bits per heavy atom. The maximum absolute atomic E-state index is 13.8. The molecule has 0 aliphatic carbocycles. The highest BCUT2D eigenvalue weighted by Gasteiger charge is 2.62. The summed E-state index contributed by atoms with van der Waals surface area (Å²) in [4.78, 5) is 40.4. The average molecular weight is 620 g/mol. The second kappa shape index (κ2) is 12.0. The van der Waals surface area contributed by atoms with Gasteiger partial charge in [-0.1, -0.05) is 12.1 Å². The second-order valence-corrected chi connectivity index (χ2v) is 11.0. The lowest BCUT2D eigenvalue weighted by Gasteiger charge is -2.37. The summed E-state index contributed by atoms with van der Waals surface area (Å²) in [5, 5.41) is 3.03. The van der Waals surface area contributed by atoms with Gasteiger partial charge in [0, 0.05) is 5.92 Å². The zero-order valence-corrected chi connectivity index (χ0v) is 23.3. The molecule has 4 atom stereocenters. The minimum absolute atomic E-state index is 0.0439. The van der Waals surface area contributed by atoms with Crippen molar-refractivity contribution in [3.8, 4) is 0 Å². The summed E-state index contributed by atoms with van der Waals surface area (Å²) in [5.41, 5.74) is -0.00821. The molecule has 1 saturated heterocycles. The summed E-state index contributed by atoms with van der Waals surface area (Å²) in [7, 11) is 0. The van der Waals surface area contributed by atoms with Gasteiger partial charge in [0.1, 0.15) is 18.0 Å². The number of benzene rings is 2. The number of nitrogens with zero attached hydrogens (tertiary/aromatic N) is 2.